The maximum Gasteiger partial charge on any atom is 0.305 e. The Labute approximate surface area is 107 Å². The van der Waals surface area contributed by atoms with Crippen LogP contribution < -0.4 is 0 Å². The Morgan fingerprint density at radius 3 is 2.78 bits per heavy atom. The molecule has 2 atom stereocenters. The number of amides is 1. The van der Waals surface area contributed by atoms with Crippen LogP contribution in [0.4, 0.5) is 0 Å². The summed E-state index contributed by atoms with van der Waals surface area (Å²) >= 11 is 0. The second-order valence-corrected chi connectivity index (χ2v) is 4.74. The van der Waals surface area contributed by atoms with Crippen LogP contribution in [0.2, 0.25) is 0 Å². The van der Waals surface area contributed by atoms with Gasteiger partial charge < -0.3 is 14.7 Å². The van der Waals surface area contributed by atoms with Gasteiger partial charge in [0, 0.05) is 33.3 Å². The molecule has 1 rings (SSSR count). The van der Waals surface area contributed by atoms with Gasteiger partial charge in [-0.1, -0.05) is 0 Å². The van der Waals surface area contributed by atoms with Crippen LogP contribution >= 0.6 is 0 Å². The number of methoxy groups -OCH3 is 1. The number of carbonyl (C=O) groups excluding carboxylic acids is 1. The molecule has 18 heavy (non-hydrogen) atoms. The van der Waals surface area contributed by atoms with Crippen molar-refractivity contribution in [3.8, 4) is 0 Å². The van der Waals surface area contributed by atoms with Crippen LogP contribution in [0, 0.1) is 0 Å². The third kappa shape index (κ3) is 3.68. The first-order valence-electron chi connectivity index (χ1n) is 6.18. The summed E-state index contributed by atoms with van der Waals surface area (Å²) in [5.41, 5.74) is 0. The van der Waals surface area contributed by atoms with Crippen molar-refractivity contribution in [2.75, 3.05) is 33.9 Å². The number of carboxylic acids is 1. The molecule has 2 unspecified atom stereocenters. The lowest BCUT2D eigenvalue weighted by Gasteiger charge is -2.32. The molecule has 0 radical (unpaired) electrons. The van der Waals surface area contributed by atoms with Gasteiger partial charge in [0.05, 0.1) is 13.0 Å². The Balaban J connectivity index is 2.88. The summed E-state index contributed by atoms with van der Waals surface area (Å²) in [4.78, 5) is 26.7. The van der Waals surface area contributed by atoms with Gasteiger partial charge in [-0.3, -0.25) is 14.5 Å². The van der Waals surface area contributed by atoms with E-state index in [1.807, 2.05) is 11.8 Å². The molecule has 104 valence electrons. The van der Waals surface area contributed by atoms with E-state index in [0.717, 1.165) is 6.42 Å². The Morgan fingerprint density at radius 1 is 1.56 bits per heavy atom. The van der Waals surface area contributed by atoms with E-state index in [4.69, 9.17) is 9.84 Å². The van der Waals surface area contributed by atoms with Crippen molar-refractivity contribution < 1.29 is 19.4 Å². The first-order valence-corrected chi connectivity index (χ1v) is 6.18. The van der Waals surface area contributed by atoms with Crippen LogP contribution in [0.1, 0.15) is 19.8 Å². The van der Waals surface area contributed by atoms with Crippen molar-refractivity contribution >= 4 is 11.9 Å². The van der Waals surface area contributed by atoms with E-state index in [1.54, 1.807) is 19.1 Å². The van der Waals surface area contributed by atoms with E-state index < -0.39 is 12.0 Å². The summed E-state index contributed by atoms with van der Waals surface area (Å²) in [7, 11) is 3.33. The summed E-state index contributed by atoms with van der Waals surface area (Å²) in [6, 6.07) is -0.404. The minimum atomic E-state index is -0.946. The molecule has 1 fully saturated rings. The minimum absolute atomic E-state index is 0.113. The monoisotopic (exact) mass is 258 g/mol. The predicted molar refractivity (Wildman–Crippen MR) is 66.3 cm³/mol. The summed E-state index contributed by atoms with van der Waals surface area (Å²) in [5.74, 6) is -1.06. The van der Waals surface area contributed by atoms with E-state index in [2.05, 4.69) is 0 Å². The van der Waals surface area contributed by atoms with E-state index in [1.165, 1.54) is 0 Å². The lowest BCUT2D eigenvalue weighted by molar-refractivity contribution is -0.144. The number of aliphatic carboxylic acids is 1. The standard InChI is InChI=1S/C12H22N2O4/c1-9-4-5-13(2)12(17)10(8-11(15)16)14(9)6-7-18-3/h9-10H,4-8H2,1-3H3,(H,15,16). The smallest absolute Gasteiger partial charge is 0.305 e. The molecule has 1 amide bonds. The Bertz CT molecular complexity index is 308. The quantitative estimate of drug-likeness (QED) is 0.753. The Morgan fingerprint density at radius 2 is 2.22 bits per heavy atom. The van der Waals surface area contributed by atoms with Crippen molar-refractivity contribution in [1.29, 1.82) is 0 Å². The molecular formula is C12H22N2O4. The van der Waals surface area contributed by atoms with Crippen LogP contribution in [0.5, 0.6) is 0 Å². The van der Waals surface area contributed by atoms with E-state index >= 15 is 0 Å². The molecule has 1 heterocycles. The number of hydrogen-bond donors (Lipinski definition) is 1. The molecule has 1 aliphatic heterocycles. The number of carbonyl (C=O) groups is 2. The Hall–Kier alpha value is -1.14. The Kier molecular flexibility index (Phi) is 5.55. The van der Waals surface area contributed by atoms with Crippen molar-refractivity contribution in [2.24, 2.45) is 0 Å². The van der Waals surface area contributed by atoms with Crippen LogP contribution in [0.3, 0.4) is 0 Å². The molecule has 1 N–H and O–H groups in total. The molecular weight excluding hydrogens is 236 g/mol. The number of rotatable bonds is 5. The van der Waals surface area contributed by atoms with Gasteiger partial charge in [0.15, 0.2) is 0 Å². The number of carboxylic acid groups (broad SMARTS) is 1. The topological polar surface area (TPSA) is 70.1 Å². The fourth-order valence-electron chi connectivity index (χ4n) is 2.30. The van der Waals surface area contributed by atoms with Crippen molar-refractivity contribution in [3.05, 3.63) is 0 Å². The number of ether oxygens (including phenoxy) is 1. The molecule has 6 heteroatoms. The zero-order valence-electron chi connectivity index (χ0n) is 11.3. The average Bonchev–Trinajstić information content (AvgIpc) is 2.41. The van der Waals surface area contributed by atoms with Crippen molar-refractivity contribution in [3.63, 3.8) is 0 Å². The van der Waals surface area contributed by atoms with E-state index in [9.17, 15) is 9.59 Å². The fraction of sp³-hybridized carbons (Fsp3) is 0.833. The van der Waals surface area contributed by atoms with Crippen LogP contribution in [0.25, 0.3) is 0 Å². The fourth-order valence-corrected chi connectivity index (χ4v) is 2.30. The summed E-state index contributed by atoms with van der Waals surface area (Å²) in [5, 5.41) is 8.96. The van der Waals surface area contributed by atoms with Crippen molar-refractivity contribution in [2.45, 2.75) is 31.8 Å². The first kappa shape index (κ1) is 14.9. The number of likely N-dealkylation sites (N-methyl/N-ethyl adjacent to an activating group) is 1. The lowest BCUT2D eigenvalue weighted by atomic mass is 10.1. The first-order chi connectivity index (χ1) is 8.47. The maximum atomic E-state index is 12.2. The number of nitrogens with zero attached hydrogens (tertiary/aromatic N) is 2. The van der Waals surface area contributed by atoms with E-state index in [-0.39, 0.29) is 18.4 Å². The second kappa shape index (κ2) is 6.70. The third-order valence-corrected chi connectivity index (χ3v) is 3.43. The second-order valence-electron chi connectivity index (χ2n) is 4.74. The van der Waals surface area contributed by atoms with Gasteiger partial charge in [-0.25, -0.2) is 0 Å². The molecule has 0 aromatic carbocycles. The molecule has 0 saturated carbocycles. The number of hydrogen-bond acceptors (Lipinski definition) is 4. The van der Waals surface area contributed by atoms with Gasteiger partial charge in [0.1, 0.15) is 6.04 Å². The highest BCUT2D eigenvalue weighted by molar-refractivity contribution is 5.86. The van der Waals surface area contributed by atoms with E-state index in [0.29, 0.717) is 19.7 Å². The third-order valence-electron chi connectivity index (χ3n) is 3.43. The maximum absolute atomic E-state index is 12.2. The zero-order valence-corrected chi connectivity index (χ0v) is 11.3. The van der Waals surface area contributed by atoms with Gasteiger partial charge in [0.25, 0.3) is 0 Å². The summed E-state index contributed by atoms with van der Waals surface area (Å²) in [6.07, 6.45) is 0.694. The van der Waals surface area contributed by atoms with Gasteiger partial charge in [-0.15, -0.1) is 0 Å². The zero-order chi connectivity index (χ0) is 13.7. The normalized spacial score (nSPS) is 26.2. The van der Waals surface area contributed by atoms with Crippen LogP contribution in [0.15, 0.2) is 0 Å². The molecule has 1 aliphatic rings. The average molecular weight is 258 g/mol. The highest BCUT2D eigenvalue weighted by atomic mass is 16.5. The molecule has 0 spiro atoms. The van der Waals surface area contributed by atoms with Gasteiger partial charge in [0.2, 0.25) is 5.91 Å². The van der Waals surface area contributed by atoms with Crippen LogP contribution in [-0.2, 0) is 14.3 Å². The molecule has 0 aromatic rings. The molecule has 0 aromatic heterocycles. The lowest BCUT2D eigenvalue weighted by Crippen LogP contribution is -2.49. The largest absolute Gasteiger partial charge is 0.481 e. The van der Waals surface area contributed by atoms with Crippen LogP contribution in [-0.4, -0.2) is 72.7 Å². The SMILES string of the molecule is COCCN1C(C)CCN(C)C(=O)C1CC(=O)O. The minimum Gasteiger partial charge on any atom is -0.481 e. The van der Waals surface area contributed by atoms with Gasteiger partial charge >= 0.3 is 5.97 Å². The van der Waals surface area contributed by atoms with Gasteiger partial charge in [-0.2, -0.15) is 0 Å². The highest BCUT2D eigenvalue weighted by Crippen LogP contribution is 2.18. The van der Waals surface area contributed by atoms with Gasteiger partial charge in [-0.05, 0) is 13.3 Å². The highest BCUT2D eigenvalue weighted by Gasteiger charge is 2.35. The van der Waals surface area contributed by atoms with Crippen molar-refractivity contribution in [1.82, 2.24) is 9.80 Å². The molecule has 1 saturated heterocycles. The summed E-state index contributed by atoms with van der Waals surface area (Å²) in [6.45, 7) is 3.77. The molecule has 0 bridgehead atoms. The predicted octanol–water partition coefficient (Wildman–Crippen LogP) is 0.0287. The summed E-state index contributed by atoms with van der Waals surface area (Å²) < 4.78 is 5.04. The molecule has 6 nitrogen and oxygen atoms in total. The molecule has 0 aliphatic carbocycles.